The molecule has 0 spiro atoms. The van der Waals surface area contributed by atoms with Crippen molar-refractivity contribution >= 4 is 17.8 Å². The number of carbonyl (C=O) groups excluding carboxylic acids is 2. The number of rotatable bonds is 6. The molecule has 2 aliphatic heterocycles. The minimum Gasteiger partial charge on any atom is -0.444 e. The standard InChI is InChI=1S/C23H33N5O4/c1-16(26-22(30)32-23(2,3)4)15-31-19-9-12-28(21(19)29)18-7-10-27(11-8-18)20-6-5-17(13-24)14-25-20/h5-6,14,16,18-19H,7-12,15H2,1-4H3,(H,26,30)/t16-,19?/m0/s1. The van der Waals surface area contributed by atoms with E-state index in [1.165, 1.54) is 0 Å². The van der Waals surface area contributed by atoms with E-state index >= 15 is 0 Å². The van der Waals surface area contributed by atoms with Crippen LogP contribution in [0.25, 0.3) is 0 Å². The molecule has 0 aromatic carbocycles. The smallest absolute Gasteiger partial charge is 0.407 e. The van der Waals surface area contributed by atoms with Crippen molar-refractivity contribution in [3.63, 3.8) is 0 Å². The normalized spacial score (nSPS) is 20.7. The molecular formula is C23H33N5O4. The molecule has 2 amide bonds. The fraction of sp³-hybridized carbons (Fsp3) is 0.652. The van der Waals surface area contributed by atoms with E-state index in [0.717, 1.165) is 31.7 Å². The first-order valence-electron chi connectivity index (χ1n) is 11.2. The quantitative estimate of drug-likeness (QED) is 0.719. The molecular weight excluding hydrogens is 410 g/mol. The SMILES string of the molecule is C[C@@H](COC1CCN(C2CCN(c3ccc(C#N)cn3)CC2)C1=O)NC(=O)OC(C)(C)C. The van der Waals surface area contributed by atoms with Crippen LogP contribution in [0.4, 0.5) is 10.6 Å². The molecule has 0 bridgehead atoms. The molecule has 1 aromatic rings. The van der Waals surface area contributed by atoms with Crippen LogP contribution >= 0.6 is 0 Å². The molecule has 2 fully saturated rings. The lowest BCUT2D eigenvalue weighted by Crippen LogP contribution is -2.47. The Balaban J connectivity index is 1.42. The average molecular weight is 444 g/mol. The van der Waals surface area contributed by atoms with Crippen LogP contribution in [0.1, 0.15) is 52.5 Å². The summed E-state index contributed by atoms with van der Waals surface area (Å²) in [5.41, 5.74) is -0.00820. The molecule has 0 radical (unpaired) electrons. The summed E-state index contributed by atoms with van der Waals surface area (Å²) in [6.07, 6.45) is 3.04. The number of hydrogen-bond acceptors (Lipinski definition) is 7. The third-order valence-corrected chi connectivity index (χ3v) is 5.61. The summed E-state index contributed by atoms with van der Waals surface area (Å²) in [6.45, 7) is 9.84. The number of nitriles is 1. The highest BCUT2D eigenvalue weighted by atomic mass is 16.6. The molecule has 2 atom stereocenters. The number of nitrogens with one attached hydrogen (secondary N) is 1. The number of nitrogens with zero attached hydrogens (tertiary/aromatic N) is 4. The van der Waals surface area contributed by atoms with Gasteiger partial charge in [-0.05, 0) is 52.7 Å². The van der Waals surface area contributed by atoms with Crippen LogP contribution in [0.2, 0.25) is 0 Å². The van der Waals surface area contributed by atoms with Crippen LogP contribution < -0.4 is 10.2 Å². The number of likely N-dealkylation sites (tertiary alicyclic amines) is 1. The fourth-order valence-electron chi connectivity index (χ4n) is 4.05. The largest absolute Gasteiger partial charge is 0.444 e. The first-order valence-corrected chi connectivity index (χ1v) is 11.2. The van der Waals surface area contributed by atoms with Gasteiger partial charge in [-0.1, -0.05) is 0 Å². The second-order valence-corrected chi connectivity index (χ2v) is 9.42. The molecule has 3 rings (SSSR count). The van der Waals surface area contributed by atoms with Gasteiger partial charge >= 0.3 is 6.09 Å². The maximum Gasteiger partial charge on any atom is 0.407 e. The van der Waals surface area contributed by atoms with Gasteiger partial charge < -0.3 is 24.6 Å². The number of ether oxygens (including phenoxy) is 2. The van der Waals surface area contributed by atoms with Gasteiger partial charge in [-0.25, -0.2) is 9.78 Å². The highest BCUT2D eigenvalue weighted by Crippen LogP contribution is 2.26. The van der Waals surface area contributed by atoms with Crippen LogP contribution in [-0.2, 0) is 14.3 Å². The van der Waals surface area contributed by atoms with Crippen LogP contribution in [0.3, 0.4) is 0 Å². The molecule has 1 aromatic heterocycles. The van der Waals surface area contributed by atoms with E-state index in [4.69, 9.17) is 14.7 Å². The molecule has 174 valence electrons. The van der Waals surface area contributed by atoms with Gasteiger partial charge in [0.1, 0.15) is 23.6 Å². The number of hydrogen-bond donors (Lipinski definition) is 1. The highest BCUT2D eigenvalue weighted by Gasteiger charge is 2.38. The maximum atomic E-state index is 12.9. The van der Waals surface area contributed by atoms with Gasteiger partial charge in [-0.3, -0.25) is 4.79 Å². The number of carbonyl (C=O) groups is 2. The lowest BCUT2D eigenvalue weighted by Gasteiger charge is -2.37. The fourth-order valence-corrected chi connectivity index (χ4v) is 4.05. The molecule has 9 nitrogen and oxygen atoms in total. The van der Waals surface area contributed by atoms with Crippen molar-refractivity contribution in [3.05, 3.63) is 23.9 Å². The molecule has 9 heteroatoms. The average Bonchev–Trinajstić information content (AvgIpc) is 3.11. The van der Waals surface area contributed by atoms with Gasteiger partial charge in [-0.15, -0.1) is 0 Å². The second kappa shape index (κ2) is 10.2. The van der Waals surface area contributed by atoms with Crippen molar-refractivity contribution in [2.75, 3.05) is 31.1 Å². The van der Waals surface area contributed by atoms with E-state index in [0.29, 0.717) is 18.5 Å². The summed E-state index contributed by atoms with van der Waals surface area (Å²) in [5.74, 6) is 0.896. The Morgan fingerprint density at radius 3 is 2.59 bits per heavy atom. The van der Waals surface area contributed by atoms with Gasteiger partial charge in [0, 0.05) is 38.3 Å². The molecule has 0 saturated carbocycles. The zero-order valence-electron chi connectivity index (χ0n) is 19.3. The minimum atomic E-state index is -0.557. The summed E-state index contributed by atoms with van der Waals surface area (Å²) >= 11 is 0. The predicted octanol–water partition coefficient (Wildman–Crippen LogP) is 2.45. The van der Waals surface area contributed by atoms with Gasteiger partial charge in [0.15, 0.2) is 0 Å². The monoisotopic (exact) mass is 443 g/mol. The minimum absolute atomic E-state index is 0.0319. The number of piperidine rings is 1. The van der Waals surface area contributed by atoms with Crippen LogP contribution in [0.5, 0.6) is 0 Å². The van der Waals surface area contributed by atoms with E-state index in [9.17, 15) is 9.59 Å². The summed E-state index contributed by atoms with van der Waals surface area (Å²) < 4.78 is 11.1. The molecule has 0 aliphatic carbocycles. The molecule has 1 N–H and O–H groups in total. The molecule has 3 heterocycles. The summed E-state index contributed by atoms with van der Waals surface area (Å²) in [5, 5.41) is 11.7. The zero-order valence-corrected chi connectivity index (χ0v) is 19.3. The number of anilines is 1. The van der Waals surface area contributed by atoms with Crippen LogP contribution in [0, 0.1) is 11.3 Å². The van der Waals surface area contributed by atoms with Gasteiger partial charge in [0.25, 0.3) is 5.91 Å². The summed E-state index contributed by atoms with van der Waals surface area (Å²) in [4.78, 5) is 33.2. The van der Waals surface area contributed by atoms with Gasteiger partial charge in [0.05, 0.1) is 18.2 Å². The zero-order chi connectivity index (χ0) is 23.3. The lowest BCUT2D eigenvalue weighted by molar-refractivity contribution is -0.139. The van der Waals surface area contributed by atoms with E-state index in [-0.39, 0.29) is 24.6 Å². The molecule has 1 unspecified atom stereocenters. The topological polar surface area (TPSA) is 108 Å². The van der Waals surface area contributed by atoms with Crippen LogP contribution in [-0.4, -0.2) is 71.9 Å². The van der Waals surface area contributed by atoms with Crippen molar-refractivity contribution in [2.45, 2.75) is 70.7 Å². The second-order valence-electron chi connectivity index (χ2n) is 9.42. The van der Waals surface area contributed by atoms with E-state index in [1.807, 2.05) is 38.7 Å². The van der Waals surface area contributed by atoms with Crippen LogP contribution in [0.15, 0.2) is 18.3 Å². The highest BCUT2D eigenvalue weighted by molar-refractivity contribution is 5.83. The summed E-state index contributed by atoms with van der Waals surface area (Å²) in [7, 11) is 0. The number of pyridine rings is 1. The van der Waals surface area contributed by atoms with Crippen molar-refractivity contribution in [3.8, 4) is 6.07 Å². The van der Waals surface area contributed by atoms with Crippen molar-refractivity contribution in [1.82, 2.24) is 15.2 Å². The molecule has 32 heavy (non-hydrogen) atoms. The van der Waals surface area contributed by atoms with Crippen molar-refractivity contribution in [1.29, 1.82) is 5.26 Å². The Kier molecular flexibility index (Phi) is 7.56. The maximum absolute atomic E-state index is 12.9. The third-order valence-electron chi connectivity index (χ3n) is 5.61. The number of amides is 2. The third kappa shape index (κ3) is 6.33. The van der Waals surface area contributed by atoms with Crippen molar-refractivity contribution in [2.24, 2.45) is 0 Å². The molecule has 2 aliphatic rings. The number of alkyl carbamates (subject to hydrolysis) is 1. The van der Waals surface area contributed by atoms with E-state index in [2.05, 4.69) is 21.3 Å². The Morgan fingerprint density at radius 1 is 1.28 bits per heavy atom. The Morgan fingerprint density at radius 2 is 2.00 bits per heavy atom. The first kappa shape index (κ1) is 23.8. The van der Waals surface area contributed by atoms with E-state index in [1.54, 1.807) is 12.3 Å². The summed E-state index contributed by atoms with van der Waals surface area (Å²) in [6, 6.07) is 5.67. The van der Waals surface area contributed by atoms with Gasteiger partial charge in [-0.2, -0.15) is 5.26 Å². The van der Waals surface area contributed by atoms with Gasteiger partial charge in [0.2, 0.25) is 0 Å². The Labute approximate surface area is 189 Å². The molecule has 2 saturated heterocycles. The lowest BCUT2D eigenvalue weighted by atomic mass is 10.0. The predicted molar refractivity (Wildman–Crippen MR) is 119 cm³/mol. The Hall–Kier alpha value is -2.86. The van der Waals surface area contributed by atoms with E-state index < -0.39 is 17.8 Å². The first-order chi connectivity index (χ1) is 15.2. The Bertz CT molecular complexity index is 837. The number of aromatic nitrogens is 1. The van der Waals surface area contributed by atoms with Crippen molar-refractivity contribution < 1.29 is 19.1 Å².